The van der Waals surface area contributed by atoms with Crippen molar-refractivity contribution in [2.24, 2.45) is 0 Å². The van der Waals surface area contributed by atoms with Crippen LogP contribution in [0.15, 0.2) is 40.9 Å². The Hall–Kier alpha value is -2.21. The third-order valence-electron chi connectivity index (χ3n) is 3.29. The minimum Gasteiger partial charge on any atom is -0.497 e. The molecule has 5 nitrogen and oxygen atoms in total. The maximum atomic E-state index is 12.1. The molecule has 0 unspecified atom stereocenters. The summed E-state index contributed by atoms with van der Waals surface area (Å²) in [5, 5.41) is 5.91. The van der Waals surface area contributed by atoms with Gasteiger partial charge in [0.1, 0.15) is 11.5 Å². The molecule has 0 bridgehead atoms. The maximum Gasteiger partial charge on any atom is 0.243 e. The highest BCUT2D eigenvalue weighted by Crippen LogP contribution is 2.29. The zero-order valence-electron chi connectivity index (χ0n) is 13.3. The monoisotopic (exact) mass is 378 g/mol. The Labute approximate surface area is 144 Å². The standard InChI is InChI=1S/C17H19BrN2O3/c1-11-8-12(4-6-14(11)18)19-10-17(21)20-15-7-5-13(22-2)9-16(15)23-3/h4-9,19H,10H2,1-3H3,(H,20,21). The van der Waals surface area contributed by atoms with Crippen molar-refractivity contribution < 1.29 is 14.3 Å². The summed E-state index contributed by atoms with van der Waals surface area (Å²) in [5.41, 5.74) is 2.60. The number of benzene rings is 2. The van der Waals surface area contributed by atoms with Crippen molar-refractivity contribution in [3.8, 4) is 11.5 Å². The van der Waals surface area contributed by atoms with E-state index in [2.05, 4.69) is 26.6 Å². The number of carbonyl (C=O) groups excluding carboxylic acids is 1. The number of nitrogens with one attached hydrogen (secondary N) is 2. The summed E-state index contributed by atoms with van der Waals surface area (Å²) < 4.78 is 11.4. The van der Waals surface area contributed by atoms with Gasteiger partial charge >= 0.3 is 0 Å². The number of methoxy groups -OCH3 is 2. The highest BCUT2D eigenvalue weighted by molar-refractivity contribution is 9.10. The first-order valence-corrected chi connectivity index (χ1v) is 7.84. The Kier molecular flexibility index (Phi) is 5.87. The third kappa shape index (κ3) is 4.63. The van der Waals surface area contributed by atoms with Crippen LogP contribution in [0.4, 0.5) is 11.4 Å². The molecule has 6 heteroatoms. The fraction of sp³-hybridized carbons (Fsp3) is 0.235. The molecule has 2 rings (SSSR count). The second-order valence-electron chi connectivity index (χ2n) is 4.93. The van der Waals surface area contributed by atoms with Gasteiger partial charge in [-0.05, 0) is 42.8 Å². The Morgan fingerprint density at radius 1 is 1.13 bits per heavy atom. The minimum absolute atomic E-state index is 0.158. The first-order valence-electron chi connectivity index (χ1n) is 7.05. The predicted octanol–water partition coefficient (Wildman–Crippen LogP) is 3.83. The summed E-state index contributed by atoms with van der Waals surface area (Å²) in [6, 6.07) is 11.1. The number of anilines is 2. The maximum absolute atomic E-state index is 12.1. The van der Waals surface area contributed by atoms with Crippen molar-refractivity contribution in [2.45, 2.75) is 6.92 Å². The van der Waals surface area contributed by atoms with Gasteiger partial charge in [0.15, 0.2) is 0 Å². The van der Waals surface area contributed by atoms with E-state index in [1.54, 1.807) is 32.4 Å². The molecule has 0 heterocycles. The first-order chi connectivity index (χ1) is 11.0. The molecule has 2 N–H and O–H groups in total. The predicted molar refractivity (Wildman–Crippen MR) is 95.5 cm³/mol. The summed E-state index contributed by atoms with van der Waals surface area (Å²) in [6.07, 6.45) is 0. The lowest BCUT2D eigenvalue weighted by atomic mass is 10.2. The van der Waals surface area contributed by atoms with Crippen LogP contribution in [0.25, 0.3) is 0 Å². The molecule has 0 saturated carbocycles. The molecular weight excluding hydrogens is 360 g/mol. The summed E-state index contributed by atoms with van der Waals surface area (Å²) in [7, 11) is 3.13. The molecule has 1 amide bonds. The number of carbonyl (C=O) groups is 1. The Balaban J connectivity index is 1.98. The number of amides is 1. The molecule has 2 aromatic rings. The molecule has 0 spiro atoms. The van der Waals surface area contributed by atoms with Crippen LogP contribution in [0.3, 0.4) is 0 Å². The van der Waals surface area contributed by atoms with Gasteiger partial charge in [0.2, 0.25) is 5.91 Å². The van der Waals surface area contributed by atoms with E-state index in [0.717, 1.165) is 15.7 Å². The van der Waals surface area contributed by atoms with Gasteiger partial charge in [0, 0.05) is 16.2 Å². The second kappa shape index (κ2) is 7.87. The van der Waals surface area contributed by atoms with Crippen molar-refractivity contribution in [3.05, 3.63) is 46.4 Å². The first kappa shape index (κ1) is 17.1. The minimum atomic E-state index is -0.158. The number of hydrogen-bond acceptors (Lipinski definition) is 4. The van der Waals surface area contributed by atoms with Crippen LogP contribution in [0.5, 0.6) is 11.5 Å². The molecule has 0 aliphatic rings. The second-order valence-corrected chi connectivity index (χ2v) is 5.79. The molecule has 0 fully saturated rings. The van der Waals surface area contributed by atoms with Crippen molar-refractivity contribution in [1.29, 1.82) is 0 Å². The smallest absolute Gasteiger partial charge is 0.243 e. The van der Waals surface area contributed by atoms with Crippen LogP contribution < -0.4 is 20.1 Å². The van der Waals surface area contributed by atoms with E-state index in [1.165, 1.54) is 0 Å². The number of aryl methyl sites for hydroxylation is 1. The molecular formula is C17H19BrN2O3. The Morgan fingerprint density at radius 3 is 2.57 bits per heavy atom. The van der Waals surface area contributed by atoms with Crippen LogP contribution in [-0.4, -0.2) is 26.7 Å². The molecule has 0 atom stereocenters. The van der Waals surface area contributed by atoms with Gasteiger partial charge in [-0.1, -0.05) is 15.9 Å². The average molecular weight is 379 g/mol. The SMILES string of the molecule is COc1ccc(NC(=O)CNc2ccc(Br)c(C)c2)c(OC)c1. The zero-order chi connectivity index (χ0) is 16.8. The van der Waals surface area contributed by atoms with E-state index in [4.69, 9.17) is 9.47 Å². The number of halogens is 1. The van der Waals surface area contributed by atoms with E-state index in [9.17, 15) is 4.79 Å². The summed E-state index contributed by atoms with van der Waals surface area (Å²) in [6.45, 7) is 2.16. The van der Waals surface area contributed by atoms with Gasteiger partial charge in [0.05, 0.1) is 26.5 Å². The number of rotatable bonds is 6. The van der Waals surface area contributed by atoms with Gasteiger partial charge in [-0.25, -0.2) is 0 Å². The average Bonchev–Trinajstić information content (AvgIpc) is 2.56. The molecule has 23 heavy (non-hydrogen) atoms. The fourth-order valence-electron chi connectivity index (χ4n) is 2.03. The fourth-order valence-corrected chi connectivity index (χ4v) is 2.28. The van der Waals surface area contributed by atoms with Crippen LogP contribution >= 0.6 is 15.9 Å². The molecule has 122 valence electrons. The molecule has 0 aliphatic heterocycles. The van der Waals surface area contributed by atoms with Crippen molar-refractivity contribution in [3.63, 3.8) is 0 Å². The Bertz CT molecular complexity index is 704. The third-order valence-corrected chi connectivity index (χ3v) is 4.18. The van der Waals surface area contributed by atoms with Crippen LogP contribution in [-0.2, 0) is 4.79 Å². The van der Waals surface area contributed by atoms with Crippen LogP contribution in [0, 0.1) is 6.92 Å². The van der Waals surface area contributed by atoms with Crippen molar-refractivity contribution in [1.82, 2.24) is 0 Å². The lowest BCUT2D eigenvalue weighted by Gasteiger charge is -2.12. The highest BCUT2D eigenvalue weighted by atomic mass is 79.9. The summed E-state index contributed by atoms with van der Waals surface area (Å²) in [5.74, 6) is 1.06. The molecule has 0 aliphatic carbocycles. The summed E-state index contributed by atoms with van der Waals surface area (Å²) >= 11 is 3.45. The number of hydrogen-bond donors (Lipinski definition) is 2. The van der Waals surface area contributed by atoms with E-state index in [1.807, 2.05) is 25.1 Å². The van der Waals surface area contributed by atoms with Crippen molar-refractivity contribution >= 4 is 33.2 Å². The number of ether oxygens (including phenoxy) is 2. The highest BCUT2D eigenvalue weighted by Gasteiger charge is 2.09. The quantitative estimate of drug-likeness (QED) is 0.801. The Morgan fingerprint density at radius 2 is 1.91 bits per heavy atom. The van der Waals surface area contributed by atoms with E-state index >= 15 is 0 Å². The molecule has 0 radical (unpaired) electrons. The van der Waals surface area contributed by atoms with Crippen LogP contribution in [0.1, 0.15) is 5.56 Å². The molecule has 0 saturated heterocycles. The summed E-state index contributed by atoms with van der Waals surface area (Å²) in [4.78, 5) is 12.1. The lowest BCUT2D eigenvalue weighted by molar-refractivity contribution is -0.114. The van der Waals surface area contributed by atoms with Gasteiger partial charge in [-0.2, -0.15) is 0 Å². The van der Waals surface area contributed by atoms with Gasteiger partial charge in [-0.3, -0.25) is 4.79 Å². The van der Waals surface area contributed by atoms with Crippen LogP contribution in [0.2, 0.25) is 0 Å². The largest absolute Gasteiger partial charge is 0.497 e. The van der Waals surface area contributed by atoms with Gasteiger partial charge < -0.3 is 20.1 Å². The molecule has 2 aromatic carbocycles. The molecule has 0 aromatic heterocycles. The normalized spacial score (nSPS) is 10.1. The van der Waals surface area contributed by atoms with E-state index in [0.29, 0.717) is 17.2 Å². The van der Waals surface area contributed by atoms with Gasteiger partial charge in [-0.15, -0.1) is 0 Å². The van der Waals surface area contributed by atoms with E-state index < -0.39 is 0 Å². The van der Waals surface area contributed by atoms with Crippen molar-refractivity contribution in [2.75, 3.05) is 31.4 Å². The topological polar surface area (TPSA) is 59.6 Å². The van der Waals surface area contributed by atoms with E-state index in [-0.39, 0.29) is 12.5 Å². The van der Waals surface area contributed by atoms with Gasteiger partial charge in [0.25, 0.3) is 0 Å². The zero-order valence-corrected chi connectivity index (χ0v) is 14.9. The lowest BCUT2D eigenvalue weighted by Crippen LogP contribution is -2.22.